The summed E-state index contributed by atoms with van der Waals surface area (Å²) in [4.78, 5) is 17.4. The van der Waals surface area contributed by atoms with Gasteiger partial charge in [0.2, 0.25) is 6.10 Å². The van der Waals surface area contributed by atoms with Crippen molar-refractivity contribution >= 4 is 33.1 Å². The highest BCUT2D eigenvalue weighted by molar-refractivity contribution is 9.10. The van der Waals surface area contributed by atoms with E-state index in [2.05, 4.69) is 25.7 Å². The smallest absolute Gasteiger partial charge is 0.427 e. The van der Waals surface area contributed by atoms with Gasteiger partial charge >= 0.3 is 12.3 Å². The van der Waals surface area contributed by atoms with Gasteiger partial charge in [0.05, 0.1) is 24.5 Å². The number of aryl methyl sites for hydroxylation is 1. The van der Waals surface area contributed by atoms with Crippen molar-refractivity contribution in [3.05, 3.63) is 22.9 Å². The summed E-state index contributed by atoms with van der Waals surface area (Å²) in [5, 5.41) is 0. The maximum Gasteiger partial charge on any atom is 0.427 e. The van der Waals surface area contributed by atoms with Crippen molar-refractivity contribution in [1.29, 1.82) is 0 Å². The number of hydrogen-bond donors (Lipinski definition) is 0. The van der Waals surface area contributed by atoms with Gasteiger partial charge in [0, 0.05) is 23.6 Å². The fourth-order valence-corrected chi connectivity index (χ4v) is 4.38. The van der Waals surface area contributed by atoms with Crippen molar-refractivity contribution in [2.75, 3.05) is 6.54 Å². The van der Waals surface area contributed by atoms with Crippen LogP contribution in [0.1, 0.15) is 25.7 Å². The van der Waals surface area contributed by atoms with Gasteiger partial charge in [0.15, 0.2) is 0 Å². The number of cyclic esters (lactones) is 1. The molecular weight excluding hydrogens is 443 g/mol. The van der Waals surface area contributed by atoms with Crippen molar-refractivity contribution in [1.82, 2.24) is 14.5 Å². The second kappa shape index (κ2) is 7.13. The molecule has 0 spiro atoms. The van der Waals surface area contributed by atoms with Crippen LogP contribution < -0.4 is 4.74 Å². The Hall–Kier alpha value is -1.97. The number of hydrogen-bond acceptors (Lipinski definition) is 4. The van der Waals surface area contributed by atoms with E-state index >= 15 is 0 Å². The Bertz CT molecular complexity index is 893. The van der Waals surface area contributed by atoms with Gasteiger partial charge in [-0.2, -0.15) is 13.2 Å². The van der Waals surface area contributed by atoms with Crippen LogP contribution in [-0.4, -0.2) is 51.5 Å². The van der Waals surface area contributed by atoms with E-state index in [0.717, 1.165) is 15.5 Å². The van der Waals surface area contributed by atoms with E-state index in [9.17, 15) is 18.0 Å². The van der Waals surface area contributed by atoms with Crippen LogP contribution in [0.25, 0.3) is 11.0 Å². The highest BCUT2D eigenvalue weighted by atomic mass is 79.9. The Morgan fingerprint density at radius 1 is 1.25 bits per heavy atom. The first-order valence-corrected chi connectivity index (χ1v) is 9.83. The Labute approximate surface area is 167 Å². The van der Waals surface area contributed by atoms with Gasteiger partial charge in [-0.05, 0) is 47.7 Å². The molecule has 1 aromatic heterocycles. The molecule has 1 saturated carbocycles. The third kappa shape index (κ3) is 3.66. The number of alkyl halides is 3. The van der Waals surface area contributed by atoms with E-state index in [1.165, 1.54) is 4.90 Å². The summed E-state index contributed by atoms with van der Waals surface area (Å²) in [6.07, 6.45) is -3.27. The van der Waals surface area contributed by atoms with Gasteiger partial charge in [0.25, 0.3) is 0 Å². The molecule has 1 saturated heterocycles. The molecule has 1 aromatic carbocycles. The highest BCUT2D eigenvalue weighted by Crippen LogP contribution is 2.35. The SMILES string of the molecule is Cn1cnc2c(Br)cc(O[C@H]3CC[C@@H](N4C[C@@H](C(F)(F)F)OC4=O)CC3)cc21. The molecule has 10 heteroatoms. The van der Waals surface area contributed by atoms with E-state index in [0.29, 0.717) is 31.4 Å². The highest BCUT2D eigenvalue weighted by Gasteiger charge is 2.51. The van der Waals surface area contributed by atoms with Crippen molar-refractivity contribution < 1.29 is 27.4 Å². The van der Waals surface area contributed by atoms with E-state index in [1.807, 2.05) is 23.7 Å². The maximum absolute atomic E-state index is 12.8. The molecule has 0 bridgehead atoms. The number of rotatable bonds is 3. The summed E-state index contributed by atoms with van der Waals surface area (Å²) in [6, 6.07) is 3.55. The van der Waals surface area contributed by atoms with Gasteiger partial charge in [0.1, 0.15) is 11.3 Å². The number of imidazole rings is 1. The summed E-state index contributed by atoms with van der Waals surface area (Å²) >= 11 is 3.50. The van der Waals surface area contributed by atoms with Crippen molar-refractivity contribution in [2.24, 2.45) is 7.05 Å². The average molecular weight is 462 g/mol. The predicted molar refractivity (Wildman–Crippen MR) is 98.1 cm³/mol. The second-order valence-electron chi connectivity index (χ2n) is 7.24. The molecule has 152 valence electrons. The fourth-order valence-electron chi connectivity index (χ4n) is 3.85. The topological polar surface area (TPSA) is 56.6 Å². The van der Waals surface area contributed by atoms with Gasteiger partial charge in [-0.3, -0.25) is 0 Å². The first kappa shape index (κ1) is 19.4. The number of aromatic nitrogens is 2. The minimum Gasteiger partial charge on any atom is -0.490 e. The van der Waals surface area contributed by atoms with E-state index in [4.69, 9.17) is 4.74 Å². The van der Waals surface area contributed by atoms with Crippen LogP contribution in [0.3, 0.4) is 0 Å². The zero-order valence-corrected chi connectivity index (χ0v) is 16.7. The molecule has 0 N–H and O–H groups in total. The summed E-state index contributed by atoms with van der Waals surface area (Å²) in [5.74, 6) is 0.712. The second-order valence-corrected chi connectivity index (χ2v) is 8.10. The number of nitrogens with zero attached hydrogens (tertiary/aromatic N) is 3. The zero-order chi connectivity index (χ0) is 20.1. The summed E-state index contributed by atoms with van der Waals surface area (Å²) in [6.45, 7) is -0.428. The van der Waals surface area contributed by atoms with E-state index in [-0.39, 0.29) is 12.1 Å². The third-order valence-corrected chi connectivity index (χ3v) is 5.95. The minimum absolute atomic E-state index is 0.0501. The number of amides is 1. The first-order chi connectivity index (χ1) is 13.2. The van der Waals surface area contributed by atoms with E-state index in [1.54, 1.807) is 6.33 Å². The van der Waals surface area contributed by atoms with Gasteiger partial charge < -0.3 is 18.9 Å². The quantitative estimate of drug-likeness (QED) is 0.679. The largest absolute Gasteiger partial charge is 0.490 e. The van der Waals surface area contributed by atoms with Crippen LogP contribution in [0.5, 0.6) is 5.75 Å². The number of halogens is 4. The molecule has 2 aliphatic rings. The number of carbonyl (C=O) groups excluding carboxylic acids is 1. The van der Waals surface area contributed by atoms with Crippen molar-refractivity contribution in [3.63, 3.8) is 0 Å². The summed E-state index contributed by atoms with van der Waals surface area (Å²) in [7, 11) is 1.90. The first-order valence-electron chi connectivity index (χ1n) is 9.03. The molecule has 2 heterocycles. The van der Waals surface area contributed by atoms with Crippen LogP contribution in [0.2, 0.25) is 0 Å². The molecule has 1 atom stereocenters. The van der Waals surface area contributed by atoms with Gasteiger partial charge in [-0.25, -0.2) is 9.78 Å². The van der Waals surface area contributed by atoms with Crippen LogP contribution in [-0.2, 0) is 11.8 Å². The Morgan fingerprint density at radius 3 is 2.61 bits per heavy atom. The van der Waals surface area contributed by atoms with Crippen LogP contribution in [0, 0.1) is 0 Å². The lowest BCUT2D eigenvalue weighted by Crippen LogP contribution is -2.42. The third-order valence-electron chi connectivity index (χ3n) is 5.35. The Kier molecular flexibility index (Phi) is 4.93. The lowest BCUT2D eigenvalue weighted by atomic mass is 9.92. The number of carbonyl (C=O) groups is 1. The Balaban J connectivity index is 1.37. The minimum atomic E-state index is -4.53. The molecule has 4 rings (SSSR count). The van der Waals surface area contributed by atoms with E-state index < -0.39 is 24.9 Å². The molecule has 28 heavy (non-hydrogen) atoms. The zero-order valence-electron chi connectivity index (χ0n) is 15.1. The average Bonchev–Trinajstić information content (AvgIpc) is 3.20. The van der Waals surface area contributed by atoms with Crippen LogP contribution >= 0.6 is 15.9 Å². The normalized spacial score (nSPS) is 26.0. The maximum atomic E-state index is 12.8. The standard InChI is InChI=1S/C18H19BrF3N3O3/c1-24-9-23-16-13(19)6-12(7-14(16)24)27-11-4-2-10(3-5-11)25-8-15(18(20,21)22)28-17(25)26/h6-7,9-11,15H,2-5,8H2,1H3/t10-,11+,15-/m0/s1. The number of benzene rings is 1. The van der Waals surface area contributed by atoms with Gasteiger partial charge in [-0.15, -0.1) is 0 Å². The number of fused-ring (bicyclic) bond motifs is 1. The summed E-state index contributed by atoms with van der Waals surface area (Å²) in [5.41, 5.74) is 1.79. The van der Waals surface area contributed by atoms with Crippen molar-refractivity contribution in [3.8, 4) is 5.75 Å². The summed E-state index contributed by atoms with van der Waals surface area (Å²) < 4.78 is 51.7. The lowest BCUT2D eigenvalue weighted by Gasteiger charge is -2.33. The molecule has 1 amide bonds. The number of ether oxygens (including phenoxy) is 2. The van der Waals surface area contributed by atoms with Crippen LogP contribution in [0.4, 0.5) is 18.0 Å². The molecule has 0 radical (unpaired) electrons. The molecule has 0 unspecified atom stereocenters. The fraction of sp³-hybridized carbons (Fsp3) is 0.556. The molecular formula is C18H19BrF3N3O3. The van der Waals surface area contributed by atoms with Crippen molar-refractivity contribution in [2.45, 2.75) is 50.1 Å². The lowest BCUT2D eigenvalue weighted by molar-refractivity contribution is -0.192. The molecule has 1 aliphatic heterocycles. The molecule has 6 nitrogen and oxygen atoms in total. The molecule has 2 fully saturated rings. The predicted octanol–water partition coefficient (Wildman–Crippen LogP) is 4.41. The monoisotopic (exact) mass is 461 g/mol. The van der Waals surface area contributed by atoms with Gasteiger partial charge in [-0.1, -0.05) is 0 Å². The van der Waals surface area contributed by atoms with Crippen LogP contribution in [0.15, 0.2) is 22.9 Å². The molecule has 1 aliphatic carbocycles. The Morgan fingerprint density at radius 2 is 1.96 bits per heavy atom. The molecule has 2 aromatic rings.